The highest BCUT2D eigenvalue weighted by Gasteiger charge is 2.10. The Balaban J connectivity index is 1.75. The summed E-state index contributed by atoms with van der Waals surface area (Å²) in [5.41, 5.74) is 2.11. The maximum absolute atomic E-state index is 12.7. The lowest BCUT2D eigenvalue weighted by atomic mass is 10.1. The number of aromatic nitrogens is 2. The van der Waals surface area contributed by atoms with Gasteiger partial charge in [-0.2, -0.15) is 0 Å². The van der Waals surface area contributed by atoms with E-state index in [1.54, 1.807) is 10.9 Å². The maximum atomic E-state index is 12.7. The largest absolute Gasteiger partial charge is 0.298 e. The first-order chi connectivity index (χ1) is 10.8. The summed E-state index contributed by atoms with van der Waals surface area (Å²) >= 11 is 1.53. The van der Waals surface area contributed by atoms with Crippen molar-refractivity contribution in [2.75, 3.05) is 0 Å². The molecule has 22 heavy (non-hydrogen) atoms. The summed E-state index contributed by atoms with van der Waals surface area (Å²) in [5, 5.41) is 1.06. The quantitative estimate of drug-likeness (QED) is 0.576. The SMILES string of the molecule is O=c1c2sc3ccccc3c2ncn1CCc1ccccc1. The zero-order chi connectivity index (χ0) is 14.9. The Morgan fingerprint density at radius 3 is 2.64 bits per heavy atom. The molecule has 0 saturated carbocycles. The fraction of sp³-hybridized carbons (Fsp3) is 0.111. The summed E-state index contributed by atoms with van der Waals surface area (Å²) in [6.45, 7) is 0.653. The summed E-state index contributed by atoms with van der Waals surface area (Å²) in [6, 6.07) is 18.2. The highest BCUT2D eigenvalue weighted by molar-refractivity contribution is 7.25. The zero-order valence-corrected chi connectivity index (χ0v) is 12.7. The summed E-state index contributed by atoms with van der Waals surface area (Å²) < 4.78 is 3.57. The van der Waals surface area contributed by atoms with Crippen molar-refractivity contribution in [3.63, 3.8) is 0 Å². The van der Waals surface area contributed by atoms with Crippen LogP contribution in [0.1, 0.15) is 5.56 Å². The zero-order valence-electron chi connectivity index (χ0n) is 11.9. The lowest BCUT2D eigenvalue weighted by molar-refractivity contribution is 0.663. The number of hydrogen-bond acceptors (Lipinski definition) is 3. The summed E-state index contributed by atoms with van der Waals surface area (Å²) in [7, 11) is 0. The standard InChI is InChI=1S/C18H14N2OS/c21-18-17-16(14-8-4-5-9-15(14)22-17)19-12-20(18)11-10-13-6-2-1-3-7-13/h1-9,12H,10-11H2. The first kappa shape index (κ1) is 13.2. The molecule has 0 spiro atoms. The number of nitrogens with zero attached hydrogens (tertiary/aromatic N) is 2. The van der Waals surface area contributed by atoms with E-state index in [9.17, 15) is 4.79 Å². The lowest BCUT2D eigenvalue weighted by Gasteiger charge is -2.05. The number of fused-ring (bicyclic) bond motifs is 3. The lowest BCUT2D eigenvalue weighted by Crippen LogP contribution is -2.20. The van der Waals surface area contributed by atoms with Gasteiger partial charge in [-0.15, -0.1) is 11.3 Å². The van der Waals surface area contributed by atoms with E-state index in [1.165, 1.54) is 16.9 Å². The van der Waals surface area contributed by atoms with Crippen molar-refractivity contribution in [1.29, 1.82) is 0 Å². The van der Waals surface area contributed by atoms with E-state index in [0.29, 0.717) is 6.54 Å². The number of benzene rings is 2. The van der Waals surface area contributed by atoms with Crippen molar-refractivity contribution in [3.05, 3.63) is 76.8 Å². The number of thiophene rings is 1. The molecule has 0 aliphatic heterocycles. The summed E-state index contributed by atoms with van der Waals surface area (Å²) in [6.07, 6.45) is 2.51. The normalized spacial score (nSPS) is 11.3. The van der Waals surface area contributed by atoms with Gasteiger partial charge in [-0.1, -0.05) is 48.5 Å². The van der Waals surface area contributed by atoms with Gasteiger partial charge in [-0.3, -0.25) is 9.36 Å². The third-order valence-electron chi connectivity index (χ3n) is 3.83. The van der Waals surface area contributed by atoms with Crippen LogP contribution in [0, 0.1) is 0 Å². The molecule has 0 amide bonds. The molecule has 0 aliphatic carbocycles. The molecule has 4 rings (SSSR count). The third kappa shape index (κ3) is 2.22. The molecule has 0 N–H and O–H groups in total. The minimum absolute atomic E-state index is 0.0575. The van der Waals surface area contributed by atoms with Gasteiger partial charge < -0.3 is 0 Å². The van der Waals surface area contributed by atoms with Gasteiger partial charge in [0.1, 0.15) is 4.70 Å². The second-order valence-corrected chi connectivity index (χ2v) is 6.31. The molecule has 0 radical (unpaired) electrons. The topological polar surface area (TPSA) is 34.9 Å². The first-order valence-corrected chi connectivity index (χ1v) is 8.05. The van der Waals surface area contributed by atoms with Gasteiger partial charge in [-0.25, -0.2) is 4.98 Å². The van der Waals surface area contributed by atoms with Gasteiger partial charge in [0.25, 0.3) is 5.56 Å². The van der Waals surface area contributed by atoms with E-state index in [1.807, 2.05) is 42.5 Å². The predicted molar refractivity (Wildman–Crippen MR) is 91.5 cm³/mol. The fourth-order valence-electron chi connectivity index (χ4n) is 2.67. The summed E-state index contributed by atoms with van der Waals surface area (Å²) in [5.74, 6) is 0. The number of rotatable bonds is 3. The second kappa shape index (κ2) is 5.39. The third-order valence-corrected chi connectivity index (χ3v) is 4.98. The van der Waals surface area contributed by atoms with Crippen LogP contribution in [-0.2, 0) is 13.0 Å². The van der Waals surface area contributed by atoms with Crippen molar-refractivity contribution in [3.8, 4) is 0 Å². The Bertz CT molecular complexity index is 1000. The van der Waals surface area contributed by atoms with Gasteiger partial charge >= 0.3 is 0 Å². The highest BCUT2D eigenvalue weighted by atomic mass is 32.1. The molecule has 0 aliphatic rings. The molecule has 2 aromatic heterocycles. The van der Waals surface area contributed by atoms with Crippen molar-refractivity contribution in [1.82, 2.24) is 9.55 Å². The first-order valence-electron chi connectivity index (χ1n) is 7.23. The van der Waals surface area contributed by atoms with Crippen LogP contribution in [-0.4, -0.2) is 9.55 Å². The molecule has 0 fully saturated rings. The number of aryl methyl sites for hydroxylation is 2. The molecule has 0 unspecified atom stereocenters. The van der Waals surface area contributed by atoms with Crippen LogP contribution in [0.15, 0.2) is 65.7 Å². The maximum Gasteiger partial charge on any atom is 0.271 e. The molecule has 0 saturated heterocycles. The molecule has 3 nitrogen and oxygen atoms in total. The molecule has 0 atom stereocenters. The number of hydrogen-bond donors (Lipinski definition) is 0. The van der Waals surface area contributed by atoms with E-state index in [2.05, 4.69) is 17.1 Å². The van der Waals surface area contributed by atoms with Gasteiger partial charge in [0.2, 0.25) is 0 Å². The monoisotopic (exact) mass is 306 g/mol. The molecule has 4 aromatic rings. The Kier molecular flexibility index (Phi) is 3.24. The van der Waals surface area contributed by atoms with Crippen molar-refractivity contribution in [2.45, 2.75) is 13.0 Å². The van der Waals surface area contributed by atoms with Gasteiger partial charge in [-0.05, 0) is 18.1 Å². The van der Waals surface area contributed by atoms with Gasteiger partial charge in [0.15, 0.2) is 0 Å². The van der Waals surface area contributed by atoms with Gasteiger partial charge in [0.05, 0.1) is 11.8 Å². The Morgan fingerprint density at radius 2 is 1.77 bits per heavy atom. The molecular weight excluding hydrogens is 292 g/mol. The van der Waals surface area contributed by atoms with Crippen molar-refractivity contribution < 1.29 is 0 Å². The van der Waals surface area contributed by atoms with Crippen LogP contribution in [0.4, 0.5) is 0 Å². The van der Waals surface area contributed by atoms with E-state index in [4.69, 9.17) is 0 Å². The average molecular weight is 306 g/mol. The van der Waals surface area contributed by atoms with E-state index < -0.39 is 0 Å². The Labute approximate surface area is 131 Å². The molecule has 2 heterocycles. The van der Waals surface area contributed by atoms with E-state index >= 15 is 0 Å². The van der Waals surface area contributed by atoms with Crippen LogP contribution in [0.2, 0.25) is 0 Å². The van der Waals surface area contributed by atoms with Crippen molar-refractivity contribution in [2.24, 2.45) is 0 Å². The van der Waals surface area contributed by atoms with E-state index in [-0.39, 0.29) is 5.56 Å². The van der Waals surface area contributed by atoms with Gasteiger partial charge in [0, 0.05) is 16.6 Å². The highest BCUT2D eigenvalue weighted by Crippen LogP contribution is 2.29. The molecule has 0 bridgehead atoms. The van der Waals surface area contributed by atoms with Crippen LogP contribution in [0.3, 0.4) is 0 Å². The smallest absolute Gasteiger partial charge is 0.271 e. The van der Waals surface area contributed by atoms with Crippen LogP contribution in [0.5, 0.6) is 0 Å². The minimum atomic E-state index is 0.0575. The van der Waals surface area contributed by atoms with E-state index in [0.717, 1.165) is 26.7 Å². The molecule has 108 valence electrons. The minimum Gasteiger partial charge on any atom is -0.298 e. The molecule has 2 aromatic carbocycles. The molecule has 4 heteroatoms. The van der Waals surface area contributed by atoms with Crippen LogP contribution in [0.25, 0.3) is 20.3 Å². The second-order valence-electron chi connectivity index (χ2n) is 5.25. The molecular formula is C18H14N2OS. The summed E-state index contributed by atoms with van der Waals surface area (Å²) in [4.78, 5) is 17.2. The predicted octanol–water partition coefficient (Wildman–Crippen LogP) is 3.85. The fourth-order valence-corrected chi connectivity index (χ4v) is 3.77. The Morgan fingerprint density at radius 1 is 1.00 bits per heavy atom. The average Bonchev–Trinajstić information content (AvgIpc) is 2.95. The van der Waals surface area contributed by atoms with Crippen molar-refractivity contribution >= 4 is 31.6 Å². The Hall–Kier alpha value is -2.46. The van der Waals surface area contributed by atoms with Crippen LogP contribution < -0.4 is 5.56 Å². The van der Waals surface area contributed by atoms with Crippen LogP contribution >= 0.6 is 11.3 Å².